The van der Waals surface area contributed by atoms with E-state index in [0.717, 1.165) is 12.8 Å². The van der Waals surface area contributed by atoms with Gasteiger partial charge in [-0.1, -0.05) is 134 Å². The summed E-state index contributed by atoms with van der Waals surface area (Å²) in [5.41, 5.74) is 1.16. The maximum Gasteiger partial charge on any atom is 1.00 e. The van der Waals surface area contributed by atoms with E-state index in [9.17, 15) is 5.11 Å². The molecule has 5 nitrogen and oxygen atoms in total. The van der Waals surface area contributed by atoms with Crippen molar-refractivity contribution in [1.82, 2.24) is 0 Å². The molecule has 0 bridgehead atoms. The van der Waals surface area contributed by atoms with E-state index in [4.69, 9.17) is 19.2 Å². The van der Waals surface area contributed by atoms with Crippen LogP contribution in [0.3, 0.4) is 0 Å². The van der Waals surface area contributed by atoms with Crippen LogP contribution in [0.15, 0.2) is 30.3 Å². The topological polar surface area (TPSA) is 101 Å². The first-order valence-electron chi connectivity index (χ1n) is 12.7. The zero-order valence-electron chi connectivity index (χ0n) is 21.5. The van der Waals surface area contributed by atoms with Crippen LogP contribution in [0, 0.1) is 0 Å². The number of phosphoric acid groups is 1. The molecular formula is C26H48NaO5P. The van der Waals surface area contributed by atoms with Gasteiger partial charge in [-0.25, -0.2) is 4.57 Å². The minimum atomic E-state index is -4.64. The molecule has 0 radical (unpaired) electrons. The second-order valence-electron chi connectivity index (χ2n) is 9.05. The Labute approximate surface area is 225 Å². The standard InChI is InChI=1S/C26H45O.Na.H3O4P/c1-3-5-7-9-11-13-18-22-26(24-27,25-20-16-15-17-21-25)23-19-14-12-10-8-6-4-2;;1-5(2,3)4/h15-17,20-21H,3-14,18-19,22-24H2,1-2H3;;(H3,1,2,3,4)/q-1;+1;. The Balaban J connectivity index is 0. The molecule has 0 saturated carbocycles. The van der Waals surface area contributed by atoms with Crippen LogP contribution in [0.5, 0.6) is 0 Å². The van der Waals surface area contributed by atoms with Gasteiger partial charge in [-0.2, -0.15) is 0 Å². The molecule has 0 amide bonds. The Kier molecular flexibility index (Phi) is 24.4. The van der Waals surface area contributed by atoms with Gasteiger partial charge in [0.1, 0.15) is 0 Å². The van der Waals surface area contributed by atoms with Crippen molar-refractivity contribution in [3.05, 3.63) is 35.9 Å². The van der Waals surface area contributed by atoms with Gasteiger partial charge < -0.3 is 19.8 Å². The minimum Gasteiger partial charge on any atom is -0.854 e. The van der Waals surface area contributed by atoms with E-state index in [2.05, 4.69) is 44.2 Å². The molecule has 1 aromatic carbocycles. The summed E-state index contributed by atoms with van der Waals surface area (Å²) in [6.07, 6.45) is 20.6. The van der Waals surface area contributed by atoms with Gasteiger partial charge in [0.15, 0.2) is 0 Å². The van der Waals surface area contributed by atoms with Crippen molar-refractivity contribution in [2.45, 2.75) is 122 Å². The van der Waals surface area contributed by atoms with Crippen LogP contribution in [0.2, 0.25) is 0 Å². The molecule has 0 heterocycles. The van der Waals surface area contributed by atoms with Gasteiger partial charge in [-0.15, -0.1) is 6.61 Å². The van der Waals surface area contributed by atoms with Crippen molar-refractivity contribution in [2.75, 3.05) is 6.61 Å². The van der Waals surface area contributed by atoms with E-state index in [-0.39, 0.29) is 41.6 Å². The normalized spacial score (nSPS) is 11.5. The van der Waals surface area contributed by atoms with Gasteiger partial charge in [-0.3, -0.25) is 0 Å². The van der Waals surface area contributed by atoms with Gasteiger partial charge in [0, 0.05) is 0 Å². The molecule has 188 valence electrons. The average Bonchev–Trinajstić information content (AvgIpc) is 2.76. The molecule has 3 N–H and O–H groups in total. The molecule has 7 heteroatoms. The van der Waals surface area contributed by atoms with Gasteiger partial charge in [-0.05, 0) is 23.8 Å². The fourth-order valence-corrected chi connectivity index (χ4v) is 4.27. The van der Waals surface area contributed by atoms with Crippen LogP contribution in [-0.2, 0) is 9.98 Å². The summed E-state index contributed by atoms with van der Waals surface area (Å²) < 4.78 is 8.88. The number of hydrogen-bond acceptors (Lipinski definition) is 2. The zero-order chi connectivity index (χ0) is 24.1. The average molecular weight is 495 g/mol. The first-order valence-corrected chi connectivity index (χ1v) is 14.3. The molecule has 0 aliphatic rings. The van der Waals surface area contributed by atoms with E-state index in [1.807, 2.05) is 0 Å². The van der Waals surface area contributed by atoms with Crippen LogP contribution >= 0.6 is 7.82 Å². The van der Waals surface area contributed by atoms with Crippen molar-refractivity contribution in [3.8, 4) is 0 Å². The van der Waals surface area contributed by atoms with Gasteiger partial charge >= 0.3 is 37.4 Å². The van der Waals surface area contributed by atoms with Crippen LogP contribution in [0.4, 0.5) is 0 Å². The number of hydrogen-bond donors (Lipinski definition) is 3. The van der Waals surface area contributed by atoms with Crippen molar-refractivity contribution in [3.63, 3.8) is 0 Å². The largest absolute Gasteiger partial charge is 1.00 e. The predicted octanol–water partition coefficient (Wildman–Crippen LogP) is 3.64. The van der Waals surface area contributed by atoms with E-state index < -0.39 is 7.82 Å². The Bertz CT molecular complexity index is 553. The quantitative estimate of drug-likeness (QED) is 0.164. The van der Waals surface area contributed by atoms with Crippen molar-refractivity contribution >= 4 is 7.82 Å². The third-order valence-corrected chi connectivity index (χ3v) is 6.18. The van der Waals surface area contributed by atoms with Crippen LogP contribution in [0.1, 0.15) is 122 Å². The maximum atomic E-state index is 12.4. The third-order valence-electron chi connectivity index (χ3n) is 6.18. The van der Waals surface area contributed by atoms with E-state index in [1.54, 1.807) is 0 Å². The Morgan fingerprint density at radius 1 is 0.697 bits per heavy atom. The first kappa shape index (κ1) is 35.5. The zero-order valence-corrected chi connectivity index (χ0v) is 24.4. The second kappa shape index (κ2) is 22.7. The summed E-state index contributed by atoms with van der Waals surface area (Å²) in [7, 11) is -4.64. The SMILES string of the molecule is CCCCCCCCCC(C[O-])(CCCCCCCCC)c1ccccc1.O=P(O)(O)O.[Na+]. The molecule has 0 saturated heterocycles. The van der Waals surface area contributed by atoms with E-state index in [1.165, 1.54) is 95.5 Å². The first-order chi connectivity index (χ1) is 15.3. The van der Waals surface area contributed by atoms with E-state index in [0.29, 0.717) is 0 Å². The summed E-state index contributed by atoms with van der Waals surface area (Å²) in [4.78, 5) is 21.6. The Morgan fingerprint density at radius 3 is 1.36 bits per heavy atom. The van der Waals surface area contributed by atoms with Crippen molar-refractivity contribution < 1.29 is 53.9 Å². The molecule has 33 heavy (non-hydrogen) atoms. The summed E-state index contributed by atoms with van der Waals surface area (Å²) in [5, 5.41) is 12.4. The second-order valence-corrected chi connectivity index (χ2v) is 10.1. The number of benzene rings is 1. The smallest absolute Gasteiger partial charge is 0.854 e. The molecule has 0 aliphatic carbocycles. The molecule has 1 rings (SSSR count). The van der Waals surface area contributed by atoms with Gasteiger partial charge in [0.05, 0.1) is 0 Å². The fraction of sp³-hybridized carbons (Fsp3) is 0.769. The maximum absolute atomic E-state index is 12.4. The monoisotopic (exact) mass is 494 g/mol. The van der Waals surface area contributed by atoms with Crippen molar-refractivity contribution in [1.29, 1.82) is 0 Å². The molecule has 0 aromatic heterocycles. The number of rotatable bonds is 18. The molecular weight excluding hydrogens is 446 g/mol. The number of unbranched alkanes of at least 4 members (excludes halogenated alkanes) is 12. The van der Waals surface area contributed by atoms with Crippen LogP contribution in [-0.4, -0.2) is 21.3 Å². The van der Waals surface area contributed by atoms with Gasteiger partial charge in [0.2, 0.25) is 0 Å². The van der Waals surface area contributed by atoms with Crippen molar-refractivity contribution in [2.24, 2.45) is 0 Å². The summed E-state index contributed by atoms with van der Waals surface area (Å²) >= 11 is 0. The Morgan fingerprint density at radius 2 is 1.03 bits per heavy atom. The molecule has 0 atom stereocenters. The third kappa shape index (κ3) is 21.3. The minimum absolute atomic E-state index is 0. The molecule has 0 aliphatic heterocycles. The summed E-state index contributed by atoms with van der Waals surface area (Å²) in [6.45, 7) is 4.58. The Hall–Kier alpha value is 0.290. The summed E-state index contributed by atoms with van der Waals surface area (Å²) in [5.74, 6) is 0. The fourth-order valence-electron chi connectivity index (χ4n) is 4.27. The molecule has 0 spiro atoms. The molecule has 0 fully saturated rings. The summed E-state index contributed by atoms with van der Waals surface area (Å²) in [6, 6.07) is 10.7. The predicted molar refractivity (Wildman–Crippen MR) is 132 cm³/mol. The van der Waals surface area contributed by atoms with Gasteiger partial charge in [0.25, 0.3) is 0 Å². The van der Waals surface area contributed by atoms with Crippen LogP contribution < -0.4 is 34.7 Å². The molecule has 1 aromatic rings. The molecule has 0 unspecified atom stereocenters. The van der Waals surface area contributed by atoms with E-state index >= 15 is 0 Å². The van der Waals surface area contributed by atoms with Crippen LogP contribution in [0.25, 0.3) is 0 Å².